The molecule has 0 radical (unpaired) electrons. The Morgan fingerprint density at radius 1 is 1.23 bits per heavy atom. The molecule has 5 heteroatoms. The second-order valence-corrected chi connectivity index (χ2v) is 8.24. The highest BCUT2D eigenvalue weighted by atomic mass is 32.2. The van der Waals surface area contributed by atoms with Gasteiger partial charge in [-0.1, -0.05) is 39.7 Å². The summed E-state index contributed by atoms with van der Waals surface area (Å²) >= 11 is 0. The van der Waals surface area contributed by atoms with Gasteiger partial charge < -0.3 is 4.74 Å². The van der Waals surface area contributed by atoms with Crippen LogP contribution >= 0.6 is 0 Å². The third kappa shape index (κ3) is 3.82. The number of ether oxygens (including phenoxy) is 1. The van der Waals surface area contributed by atoms with Crippen molar-refractivity contribution in [2.24, 2.45) is 5.92 Å². The monoisotopic (exact) mass is 325 g/mol. The molecule has 0 unspecified atom stereocenters. The van der Waals surface area contributed by atoms with Gasteiger partial charge in [0.1, 0.15) is 10.6 Å². The molecule has 0 aliphatic heterocycles. The second kappa shape index (κ2) is 7.01. The van der Waals surface area contributed by atoms with Crippen LogP contribution in [0.15, 0.2) is 23.1 Å². The average molecular weight is 325 g/mol. The normalized spacial score (nSPS) is 22.8. The van der Waals surface area contributed by atoms with Gasteiger partial charge in [-0.15, -0.1) is 0 Å². The highest BCUT2D eigenvalue weighted by Gasteiger charge is 2.28. The molecule has 1 aliphatic carbocycles. The van der Waals surface area contributed by atoms with Gasteiger partial charge in [-0.05, 0) is 42.4 Å². The van der Waals surface area contributed by atoms with E-state index in [0.717, 1.165) is 24.8 Å². The zero-order valence-corrected chi connectivity index (χ0v) is 14.7. The number of benzene rings is 1. The number of rotatable bonds is 5. The van der Waals surface area contributed by atoms with E-state index in [9.17, 15) is 8.42 Å². The lowest BCUT2D eigenvalue weighted by Crippen LogP contribution is -2.41. The molecule has 0 amide bonds. The molecule has 1 aromatic carbocycles. The Labute approximate surface area is 134 Å². The van der Waals surface area contributed by atoms with E-state index in [1.807, 2.05) is 6.07 Å². The van der Waals surface area contributed by atoms with Gasteiger partial charge in [-0.25, -0.2) is 13.1 Å². The minimum Gasteiger partial charge on any atom is -0.495 e. The quantitative estimate of drug-likeness (QED) is 0.898. The van der Waals surface area contributed by atoms with Crippen molar-refractivity contribution < 1.29 is 13.2 Å². The zero-order valence-electron chi connectivity index (χ0n) is 13.9. The predicted molar refractivity (Wildman–Crippen MR) is 88.8 cm³/mol. The summed E-state index contributed by atoms with van der Waals surface area (Å²) < 4.78 is 33.8. The van der Waals surface area contributed by atoms with Gasteiger partial charge in [0.05, 0.1) is 7.11 Å². The summed E-state index contributed by atoms with van der Waals surface area (Å²) in [5, 5.41) is 0. The predicted octanol–water partition coefficient (Wildman–Crippen LogP) is 3.68. The molecule has 22 heavy (non-hydrogen) atoms. The fourth-order valence-corrected chi connectivity index (χ4v) is 4.60. The molecule has 124 valence electrons. The van der Waals surface area contributed by atoms with E-state index in [0.29, 0.717) is 11.7 Å². The average Bonchev–Trinajstić information content (AvgIpc) is 2.48. The maximum absolute atomic E-state index is 12.8. The van der Waals surface area contributed by atoms with Crippen LogP contribution in [0.4, 0.5) is 0 Å². The largest absolute Gasteiger partial charge is 0.495 e. The van der Waals surface area contributed by atoms with Crippen molar-refractivity contribution in [3.63, 3.8) is 0 Å². The number of hydrogen-bond donors (Lipinski definition) is 1. The summed E-state index contributed by atoms with van der Waals surface area (Å²) in [5.74, 6) is 1.05. The van der Waals surface area contributed by atoms with Crippen LogP contribution in [-0.4, -0.2) is 21.6 Å². The lowest BCUT2D eigenvalue weighted by atomic mass is 9.87. The van der Waals surface area contributed by atoms with Gasteiger partial charge in [-0.3, -0.25) is 0 Å². The molecule has 4 nitrogen and oxygen atoms in total. The first-order chi connectivity index (χ1) is 10.3. The van der Waals surface area contributed by atoms with Crippen LogP contribution in [0.1, 0.15) is 57.9 Å². The Kier molecular flexibility index (Phi) is 5.50. The lowest BCUT2D eigenvalue weighted by Gasteiger charge is -2.29. The topological polar surface area (TPSA) is 55.4 Å². The van der Waals surface area contributed by atoms with Crippen molar-refractivity contribution >= 4 is 10.0 Å². The molecular weight excluding hydrogens is 298 g/mol. The number of nitrogens with one attached hydrogen (secondary N) is 1. The van der Waals surface area contributed by atoms with Gasteiger partial charge >= 0.3 is 0 Å². The fourth-order valence-electron chi connectivity index (χ4n) is 3.02. The van der Waals surface area contributed by atoms with Crippen molar-refractivity contribution in [2.45, 2.75) is 63.3 Å². The zero-order chi connectivity index (χ0) is 16.3. The van der Waals surface area contributed by atoms with E-state index in [-0.39, 0.29) is 16.9 Å². The Morgan fingerprint density at radius 3 is 2.50 bits per heavy atom. The van der Waals surface area contributed by atoms with Crippen molar-refractivity contribution in [3.05, 3.63) is 23.8 Å². The van der Waals surface area contributed by atoms with E-state index in [1.165, 1.54) is 13.5 Å². The summed E-state index contributed by atoms with van der Waals surface area (Å²) in [6.45, 7) is 6.22. The minimum absolute atomic E-state index is 0.0196. The molecule has 0 heterocycles. The van der Waals surface area contributed by atoms with Crippen LogP contribution < -0.4 is 9.46 Å². The van der Waals surface area contributed by atoms with Gasteiger partial charge in [0.15, 0.2) is 0 Å². The molecule has 0 spiro atoms. The molecule has 0 aromatic heterocycles. The molecular formula is C17H27NO3S. The van der Waals surface area contributed by atoms with Crippen molar-refractivity contribution in [2.75, 3.05) is 7.11 Å². The molecule has 1 fully saturated rings. The highest BCUT2D eigenvalue weighted by Crippen LogP contribution is 2.30. The van der Waals surface area contributed by atoms with E-state index in [1.54, 1.807) is 12.1 Å². The van der Waals surface area contributed by atoms with Crippen LogP contribution in [0, 0.1) is 5.92 Å². The van der Waals surface area contributed by atoms with Crippen LogP contribution in [0.5, 0.6) is 5.75 Å². The number of sulfonamides is 1. The smallest absolute Gasteiger partial charge is 0.244 e. The first-order valence-electron chi connectivity index (χ1n) is 8.05. The summed E-state index contributed by atoms with van der Waals surface area (Å²) in [6.07, 6.45) is 4.26. The fraction of sp³-hybridized carbons (Fsp3) is 0.647. The van der Waals surface area contributed by atoms with E-state index in [2.05, 4.69) is 25.5 Å². The molecule has 1 N–H and O–H groups in total. The molecule has 1 saturated carbocycles. The van der Waals surface area contributed by atoms with E-state index in [4.69, 9.17) is 4.74 Å². The number of hydrogen-bond acceptors (Lipinski definition) is 3. The maximum atomic E-state index is 12.8. The second-order valence-electron chi connectivity index (χ2n) is 6.55. The van der Waals surface area contributed by atoms with Crippen molar-refractivity contribution in [1.29, 1.82) is 0 Å². The third-order valence-corrected chi connectivity index (χ3v) is 6.07. The van der Waals surface area contributed by atoms with Crippen LogP contribution in [0.3, 0.4) is 0 Å². The SMILES string of the molecule is COc1ccc(C(C)C)cc1S(=O)(=O)N[C@H]1CCCC[C@@H]1C. The van der Waals surface area contributed by atoms with Crippen LogP contribution in [-0.2, 0) is 10.0 Å². The Morgan fingerprint density at radius 2 is 1.91 bits per heavy atom. The Hall–Kier alpha value is -1.07. The maximum Gasteiger partial charge on any atom is 0.244 e. The summed E-state index contributed by atoms with van der Waals surface area (Å²) in [6, 6.07) is 5.42. The highest BCUT2D eigenvalue weighted by molar-refractivity contribution is 7.89. The third-order valence-electron chi connectivity index (χ3n) is 4.56. The lowest BCUT2D eigenvalue weighted by molar-refractivity contribution is 0.310. The molecule has 1 aromatic rings. The van der Waals surface area contributed by atoms with Crippen molar-refractivity contribution in [1.82, 2.24) is 4.72 Å². The Bertz CT molecular complexity index is 610. The van der Waals surface area contributed by atoms with Gasteiger partial charge in [-0.2, -0.15) is 0 Å². The first kappa shape index (κ1) is 17.3. The van der Waals surface area contributed by atoms with Crippen LogP contribution in [0.2, 0.25) is 0 Å². The molecule has 0 bridgehead atoms. The molecule has 1 aliphatic rings. The van der Waals surface area contributed by atoms with Crippen LogP contribution in [0.25, 0.3) is 0 Å². The van der Waals surface area contributed by atoms with Gasteiger partial charge in [0.2, 0.25) is 10.0 Å². The van der Waals surface area contributed by atoms with E-state index >= 15 is 0 Å². The minimum atomic E-state index is -3.57. The summed E-state index contributed by atoms with van der Waals surface area (Å²) in [7, 11) is -2.06. The summed E-state index contributed by atoms with van der Waals surface area (Å²) in [5.41, 5.74) is 0.998. The molecule has 2 atom stereocenters. The van der Waals surface area contributed by atoms with Gasteiger partial charge in [0.25, 0.3) is 0 Å². The Balaban J connectivity index is 2.33. The number of methoxy groups -OCH3 is 1. The summed E-state index contributed by atoms with van der Waals surface area (Å²) in [4.78, 5) is 0.249. The first-order valence-corrected chi connectivity index (χ1v) is 9.53. The molecule has 2 rings (SSSR count). The molecule has 0 saturated heterocycles. The van der Waals surface area contributed by atoms with Crippen molar-refractivity contribution in [3.8, 4) is 5.75 Å². The standard InChI is InChI=1S/C17H27NO3S/c1-12(2)14-9-10-16(21-4)17(11-14)22(19,20)18-15-8-6-5-7-13(15)3/h9-13,15,18H,5-8H2,1-4H3/t13-,15-/m0/s1. The van der Waals surface area contributed by atoms with Gasteiger partial charge in [0, 0.05) is 6.04 Å². The van der Waals surface area contributed by atoms with E-state index < -0.39 is 10.0 Å².